The maximum Gasteiger partial charge on any atom is 0.274 e. The van der Waals surface area contributed by atoms with Crippen LogP contribution in [0.25, 0.3) is 16.9 Å². The Morgan fingerprint density at radius 1 is 1.17 bits per heavy atom. The van der Waals surface area contributed by atoms with E-state index in [1.165, 1.54) is 4.90 Å². The van der Waals surface area contributed by atoms with Gasteiger partial charge in [-0.05, 0) is 18.2 Å². The van der Waals surface area contributed by atoms with Crippen LogP contribution >= 0.6 is 0 Å². The van der Waals surface area contributed by atoms with Gasteiger partial charge in [0.15, 0.2) is 5.69 Å². The Morgan fingerprint density at radius 3 is 2.62 bits per heavy atom. The number of pyridine rings is 1. The van der Waals surface area contributed by atoms with Gasteiger partial charge in [0, 0.05) is 51.2 Å². The van der Waals surface area contributed by atoms with Gasteiger partial charge < -0.3 is 19.1 Å². The molecule has 29 heavy (non-hydrogen) atoms. The molecule has 0 spiro atoms. The molecule has 2 amide bonds. The molecule has 0 bridgehead atoms. The number of hydrogen-bond acceptors (Lipinski definition) is 5. The second kappa shape index (κ2) is 7.42. The van der Waals surface area contributed by atoms with Crippen molar-refractivity contribution in [2.75, 3.05) is 33.8 Å². The van der Waals surface area contributed by atoms with Gasteiger partial charge in [0.2, 0.25) is 11.8 Å². The third-order valence-corrected chi connectivity index (χ3v) is 4.98. The van der Waals surface area contributed by atoms with Crippen LogP contribution in [0.5, 0.6) is 5.88 Å². The molecule has 0 atom stereocenters. The monoisotopic (exact) mass is 394 g/mol. The molecule has 0 N–H and O–H groups in total. The lowest BCUT2D eigenvalue weighted by Gasteiger charge is -2.31. The summed E-state index contributed by atoms with van der Waals surface area (Å²) in [5.41, 5.74) is 2.68. The van der Waals surface area contributed by atoms with E-state index in [9.17, 15) is 9.59 Å². The normalized spacial score (nSPS) is 14.4. The largest absolute Gasteiger partial charge is 0.481 e. The SMILES string of the molecule is COc1ccc(-n2nc(C(=O)N3CCN(C)C(=O)C3)cc2-c2ccn(C)c2)cn1. The van der Waals surface area contributed by atoms with Crippen molar-refractivity contribution >= 4 is 11.8 Å². The number of carbonyl (C=O) groups is 2. The molecule has 0 aliphatic carbocycles. The molecule has 1 saturated heterocycles. The third-order valence-electron chi connectivity index (χ3n) is 4.98. The molecule has 1 aliphatic heterocycles. The number of rotatable bonds is 4. The van der Waals surface area contributed by atoms with Gasteiger partial charge in [0.05, 0.1) is 24.7 Å². The Hall–Kier alpha value is -3.62. The van der Waals surface area contributed by atoms with Gasteiger partial charge in [-0.25, -0.2) is 9.67 Å². The minimum atomic E-state index is -0.260. The van der Waals surface area contributed by atoms with Gasteiger partial charge in [-0.1, -0.05) is 0 Å². The number of ether oxygens (including phenoxy) is 1. The molecule has 1 fully saturated rings. The third kappa shape index (κ3) is 3.58. The van der Waals surface area contributed by atoms with Crippen molar-refractivity contribution in [3.63, 3.8) is 0 Å². The fourth-order valence-corrected chi connectivity index (χ4v) is 3.26. The fraction of sp³-hybridized carbons (Fsp3) is 0.300. The molecule has 4 heterocycles. The highest BCUT2D eigenvalue weighted by molar-refractivity contribution is 5.96. The first-order chi connectivity index (χ1) is 14.0. The number of carbonyl (C=O) groups excluding carboxylic acids is 2. The number of nitrogens with zero attached hydrogens (tertiary/aromatic N) is 6. The standard InChI is InChI=1S/C20H22N6O3/c1-23-7-6-14(12-23)17-10-16(20(28)25-9-8-24(2)19(27)13-25)22-26(17)15-4-5-18(29-3)21-11-15/h4-7,10-12H,8-9,13H2,1-3H3. The minimum Gasteiger partial charge on any atom is -0.481 e. The van der Waals surface area contributed by atoms with E-state index >= 15 is 0 Å². The predicted octanol–water partition coefficient (Wildman–Crippen LogP) is 1.20. The molecule has 3 aromatic rings. The summed E-state index contributed by atoms with van der Waals surface area (Å²) in [5.74, 6) is 0.157. The van der Waals surface area contributed by atoms with Crippen LogP contribution in [0.4, 0.5) is 0 Å². The zero-order valence-corrected chi connectivity index (χ0v) is 16.6. The molecule has 0 unspecified atom stereocenters. The van der Waals surface area contributed by atoms with Crippen molar-refractivity contribution in [2.24, 2.45) is 7.05 Å². The summed E-state index contributed by atoms with van der Waals surface area (Å²) in [4.78, 5) is 32.4. The molecular formula is C20H22N6O3. The van der Waals surface area contributed by atoms with E-state index in [1.54, 1.807) is 42.1 Å². The van der Waals surface area contributed by atoms with E-state index in [1.807, 2.05) is 36.1 Å². The summed E-state index contributed by atoms with van der Waals surface area (Å²) in [5, 5.41) is 4.55. The number of hydrogen-bond donors (Lipinski definition) is 0. The van der Waals surface area contributed by atoms with Crippen LogP contribution < -0.4 is 4.74 Å². The van der Waals surface area contributed by atoms with Crippen LogP contribution in [0.2, 0.25) is 0 Å². The Balaban J connectivity index is 1.73. The molecule has 0 radical (unpaired) electrons. The lowest BCUT2D eigenvalue weighted by Crippen LogP contribution is -2.50. The minimum absolute atomic E-state index is 0.0625. The molecule has 150 valence electrons. The van der Waals surface area contributed by atoms with E-state index in [4.69, 9.17) is 4.74 Å². The van der Waals surface area contributed by atoms with Crippen molar-refractivity contribution in [3.05, 3.63) is 48.5 Å². The summed E-state index contributed by atoms with van der Waals surface area (Å²) in [6.07, 6.45) is 5.53. The number of methoxy groups -OCH3 is 1. The van der Waals surface area contributed by atoms with Crippen molar-refractivity contribution in [3.8, 4) is 22.8 Å². The molecular weight excluding hydrogens is 372 g/mol. The highest BCUT2D eigenvalue weighted by atomic mass is 16.5. The van der Waals surface area contributed by atoms with Crippen LogP contribution in [-0.2, 0) is 11.8 Å². The Morgan fingerprint density at radius 2 is 2.00 bits per heavy atom. The summed E-state index contributed by atoms with van der Waals surface area (Å²) < 4.78 is 8.74. The molecule has 0 saturated carbocycles. The number of aromatic nitrogens is 4. The second-order valence-corrected chi connectivity index (χ2v) is 6.99. The van der Waals surface area contributed by atoms with Crippen LogP contribution in [0, 0.1) is 0 Å². The molecule has 1 aliphatic rings. The van der Waals surface area contributed by atoms with E-state index < -0.39 is 0 Å². The van der Waals surface area contributed by atoms with Crippen LogP contribution in [0.1, 0.15) is 10.5 Å². The van der Waals surface area contributed by atoms with Crippen molar-refractivity contribution in [2.45, 2.75) is 0 Å². The van der Waals surface area contributed by atoms with E-state index in [0.29, 0.717) is 24.7 Å². The lowest BCUT2D eigenvalue weighted by atomic mass is 10.2. The van der Waals surface area contributed by atoms with Crippen molar-refractivity contribution < 1.29 is 14.3 Å². The smallest absolute Gasteiger partial charge is 0.274 e. The van der Waals surface area contributed by atoms with Crippen LogP contribution in [0.15, 0.2) is 42.9 Å². The number of amides is 2. The van der Waals surface area contributed by atoms with Crippen LogP contribution in [-0.4, -0.2) is 74.7 Å². The Labute approximate surface area is 168 Å². The Bertz CT molecular complexity index is 1050. The van der Waals surface area contributed by atoms with Gasteiger partial charge in [-0.2, -0.15) is 5.10 Å². The van der Waals surface area contributed by atoms with Gasteiger partial charge in [0.1, 0.15) is 6.54 Å². The van der Waals surface area contributed by atoms with Gasteiger partial charge in [-0.3, -0.25) is 9.59 Å². The first-order valence-corrected chi connectivity index (χ1v) is 9.22. The van der Waals surface area contributed by atoms with Gasteiger partial charge in [-0.15, -0.1) is 0 Å². The topological polar surface area (TPSA) is 85.5 Å². The molecule has 0 aromatic carbocycles. The molecule has 9 nitrogen and oxygen atoms in total. The zero-order chi connectivity index (χ0) is 20.5. The first kappa shape index (κ1) is 18.7. The van der Waals surface area contributed by atoms with Gasteiger partial charge in [0.25, 0.3) is 5.91 Å². The maximum absolute atomic E-state index is 13.0. The molecule has 9 heteroatoms. The summed E-state index contributed by atoms with van der Waals surface area (Å²) >= 11 is 0. The van der Waals surface area contributed by atoms with Gasteiger partial charge >= 0.3 is 0 Å². The first-order valence-electron chi connectivity index (χ1n) is 9.22. The average Bonchev–Trinajstić information content (AvgIpc) is 3.36. The molecule has 3 aromatic heterocycles. The second-order valence-electron chi connectivity index (χ2n) is 6.99. The number of piperazine rings is 1. The maximum atomic E-state index is 13.0. The predicted molar refractivity (Wildman–Crippen MR) is 106 cm³/mol. The summed E-state index contributed by atoms with van der Waals surface area (Å²) in [7, 11) is 5.23. The number of likely N-dealkylation sites (N-methyl/N-ethyl adjacent to an activating group) is 1. The van der Waals surface area contributed by atoms with Crippen LogP contribution in [0.3, 0.4) is 0 Å². The zero-order valence-electron chi connectivity index (χ0n) is 16.6. The van der Waals surface area contributed by atoms with Crippen molar-refractivity contribution in [1.82, 2.24) is 29.1 Å². The summed E-state index contributed by atoms with van der Waals surface area (Å²) in [6.45, 7) is 1.06. The number of aryl methyl sites for hydroxylation is 1. The molecule has 4 rings (SSSR count). The highest BCUT2D eigenvalue weighted by Crippen LogP contribution is 2.25. The van der Waals surface area contributed by atoms with E-state index in [0.717, 1.165) is 11.3 Å². The quantitative estimate of drug-likeness (QED) is 0.664. The highest BCUT2D eigenvalue weighted by Gasteiger charge is 2.28. The van der Waals surface area contributed by atoms with Crippen molar-refractivity contribution in [1.29, 1.82) is 0 Å². The summed E-state index contributed by atoms with van der Waals surface area (Å²) in [6, 6.07) is 7.29. The fourth-order valence-electron chi connectivity index (χ4n) is 3.26. The average molecular weight is 394 g/mol. The van der Waals surface area contributed by atoms with E-state index in [-0.39, 0.29) is 24.1 Å². The lowest BCUT2D eigenvalue weighted by molar-refractivity contribution is -0.133. The Kier molecular flexibility index (Phi) is 4.79. The van der Waals surface area contributed by atoms with E-state index in [2.05, 4.69) is 10.1 Å².